The van der Waals surface area contributed by atoms with E-state index in [0.717, 1.165) is 27.8 Å². The van der Waals surface area contributed by atoms with Gasteiger partial charge in [0, 0.05) is 5.92 Å². The van der Waals surface area contributed by atoms with Gasteiger partial charge in [0.05, 0.1) is 12.5 Å². The summed E-state index contributed by atoms with van der Waals surface area (Å²) in [6.07, 6.45) is 0.575. The number of rotatable bonds is 4. The first-order chi connectivity index (χ1) is 15.0. The van der Waals surface area contributed by atoms with Crippen LogP contribution in [0.2, 0.25) is 0 Å². The molecule has 31 heavy (non-hydrogen) atoms. The topological polar surface area (TPSA) is 43.4 Å². The first-order valence-corrected chi connectivity index (χ1v) is 10.6. The lowest BCUT2D eigenvalue weighted by atomic mass is 9.64. The summed E-state index contributed by atoms with van der Waals surface area (Å²) in [5.41, 5.74) is 2.46. The van der Waals surface area contributed by atoms with Crippen LogP contribution in [0.4, 0.5) is 0 Å². The fourth-order valence-electron chi connectivity index (χ4n) is 5.82. The average Bonchev–Trinajstić information content (AvgIpc) is 3.18. The Morgan fingerprint density at radius 1 is 0.806 bits per heavy atom. The van der Waals surface area contributed by atoms with E-state index in [1.165, 1.54) is 7.11 Å². The van der Waals surface area contributed by atoms with Gasteiger partial charge in [0.25, 0.3) is 0 Å². The highest BCUT2D eigenvalue weighted by Gasteiger charge is 2.73. The minimum atomic E-state index is -1.36. The number of hydrogen-bond donors (Lipinski definition) is 0. The van der Waals surface area contributed by atoms with Crippen LogP contribution < -0.4 is 0 Å². The maximum absolute atomic E-state index is 14.2. The lowest BCUT2D eigenvalue weighted by Crippen LogP contribution is -2.41. The Morgan fingerprint density at radius 3 is 1.81 bits per heavy atom. The van der Waals surface area contributed by atoms with Gasteiger partial charge in [-0.25, -0.2) is 0 Å². The molecule has 1 saturated carbocycles. The lowest BCUT2D eigenvalue weighted by Gasteiger charge is -2.36. The number of benzene rings is 3. The van der Waals surface area contributed by atoms with E-state index in [4.69, 9.17) is 4.74 Å². The highest BCUT2D eigenvalue weighted by Crippen LogP contribution is 2.72. The molecule has 0 saturated heterocycles. The highest BCUT2D eigenvalue weighted by molar-refractivity contribution is 6.32. The molecule has 3 heteroatoms. The average molecular weight is 408 g/mol. The van der Waals surface area contributed by atoms with Crippen LogP contribution in [0.15, 0.2) is 91.0 Å². The monoisotopic (exact) mass is 408 g/mol. The van der Waals surface area contributed by atoms with Crippen LogP contribution in [-0.2, 0) is 14.3 Å². The molecule has 0 heterocycles. The smallest absolute Gasteiger partial charge is 0.324 e. The molecule has 3 aromatic rings. The molecule has 0 spiro atoms. The van der Waals surface area contributed by atoms with Crippen molar-refractivity contribution < 1.29 is 14.3 Å². The highest BCUT2D eigenvalue weighted by atomic mass is 16.5. The molecule has 3 aromatic carbocycles. The number of esters is 1. The maximum Gasteiger partial charge on any atom is 0.324 e. The minimum Gasteiger partial charge on any atom is -0.468 e. The summed E-state index contributed by atoms with van der Waals surface area (Å²) < 4.78 is 5.36. The Hall–Kier alpha value is -3.46. The normalized spacial score (nSPS) is 26.9. The van der Waals surface area contributed by atoms with E-state index in [-0.39, 0.29) is 11.7 Å². The predicted octanol–water partition coefficient (Wildman–Crippen LogP) is 5.53. The van der Waals surface area contributed by atoms with Gasteiger partial charge < -0.3 is 4.74 Å². The maximum atomic E-state index is 14.2. The minimum absolute atomic E-state index is 0.0570. The molecule has 1 fully saturated rings. The summed E-state index contributed by atoms with van der Waals surface area (Å²) in [6, 6.07) is 29.7. The third kappa shape index (κ3) is 2.53. The van der Waals surface area contributed by atoms with Crippen LogP contribution in [-0.4, -0.2) is 18.9 Å². The van der Waals surface area contributed by atoms with Gasteiger partial charge in [-0.3, -0.25) is 9.59 Å². The van der Waals surface area contributed by atoms with Crippen molar-refractivity contribution in [3.05, 3.63) is 108 Å². The first-order valence-electron chi connectivity index (χ1n) is 10.6. The Balaban J connectivity index is 1.90. The SMILES string of the molecule is COC(=O)[C@]12C(=O)[C@](C)(C[C@@H]1c1ccccc1)C(c1ccccc1)=C2c1ccccc1. The summed E-state index contributed by atoms with van der Waals surface area (Å²) in [7, 11) is 1.38. The summed E-state index contributed by atoms with van der Waals surface area (Å²) >= 11 is 0. The Labute approximate surface area is 182 Å². The van der Waals surface area contributed by atoms with Gasteiger partial charge in [-0.15, -0.1) is 0 Å². The van der Waals surface area contributed by atoms with E-state index in [0.29, 0.717) is 6.42 Å². The zero-order valence-corrected chi connectivity index (χ0v) is 17.7. The third-order valence-corrected chi connectivity index (χ3v) is 7.02. The van der Waals surface area contributed by atoms with Gasteiger partial charge in [-0.1, -0.05) is 91.0 Å². The van der Waals surface area contributed by atoms with Crippen molar-refractivity contribution in [1.29, 1.82) is 0 Å². The Kier molecular flexibility index (Phi) is 4.44. The molecule has 154 valence electrons. The summed E-state index contributed by atoms with van der Waals surface area (Å²) in [5, 5.41) is 0. The van der Waals surface area contributed by atoms with Crippen molar-refractivity contribution in [3.8, 4) is 0 Å². The van der Waals surface area contributed by atoms with Crippen molar-refractivity contribution in [2.24, 2.45) is 10.8 Å². The fraction of sp³-hybridized carbons (Fsp3) is 0.214. The number of allylic oxidation sites excluding steroid dienone is 1. The zero-order valence-electron chi connectivity index (χ0n) is 17.7. The van der Waals surface area contributed by atoms with Crippen molar-refractivity contribution in [3.63, 3.8) is 0 Å². The summed E-state index contributed by atoms with van der Waals surface area (Å²) in [4.78, 5) is 27.8. The molecular weight excluding hydrogens is 384 g/mol. The first kappa shape index (κ1) is 19.5. The summed E-state index contributed by atoms with van der Waals surface area (Å²) in [6.45, 7) is 1.99. The molecule has 2 aliphatic rings. The number of fused-ring (bicyclic) bond motifs is 2. The van der Waals surface area contributed by atoms with Gasteiger partial charge in [0.15, 0.2) is 11.2 Å². The van der Waals surface area contributed by atoms with E-state index >= 15 is 0 Å². The van der Waals surface area contributed by atoms with Crippen molar-refractivity contribution in [1.82, 2.24) is 0 Å². The molecule has 0 unspecified atom stereocenters. The molecule has 0 amide bonds. The van der Waals surface area contributed by atoms with Gasteiger partial charge in [0.1, 0.15) is 0 Å². The zero-order chi connectivity index (χ0) is 21.6. The van der Waals surface area contributed by atoms with Crippen molar-refractivity contribution in [2.45, 2.75) is 19.3 Å². The van der Waals surface area contributed by atoms with Crippen LogP contribution in [0.5, 0.6) is 0 Å². The van der Waals surface area contributed by atoms with Crippen LogP contribution in [0.1, 0.15) is 36.0 Å². The molecule has 3 nitrogen and oxygen atoms in total. The third-order valence-electron chi connectivity index (χ3n) is 7.02. The summed E-state index contributed by atoms with van der Waals surface area (Å²) in [5.74, 6) is -0.806. The number of methoxy groups -OCH3 is 1. The number of Topliss-reactive ketones (excluding diaryl/α,β-unsaturated/α-hetero) is 1. The largest absolute Gasteiger partial charge is 0.468 e. The molecular formula is C28H24O3. The lowest BCUT2D eigenvalue weighted by molar-refractivity contribution is -0.153. The molecule has 5 rings (SSSR count). The number of ether oxygens (including phenoxy) is 1. The van der Waals surface area contributed by atoms with Gasteiger partial charge in [-0.2, -0.15) is 0 Å². The predicted molar refractivity (Wildman–Crippen MR) is 121 cm³/mol. The molecule has 3 atom stereocenters. The molecule has 0 aliphatic heterocycles. The number of carbonyl (C=O) groups is 2. The Bertz CT molecular complexity index is 1180. The standard InChI is InChI=1S/C28H24O3/c1-27-18-22(19-12-6-3-7-13-19)28(25(27)29,26(30)31-2)24(21-16-10-5-11-17-21)23(27)20-14-8-4-9-15-20/h3-17,22H,18H2,1-2H3/t22-,27-,28-/m1/s1. The van der Waals surface area contributed by atoms with Gasteiger partial charge >= 0.3 is 5.97 Å². The molecule has 2 aliphatic carbocycles. The molecule has 0 N–H and O–H groups in total. The van der Waals surface area contributed by atoms with Crippen LogP contribution >= 0.6 is 0 Å². The van der Waals surface area contributed by atoms with Gasteiger partial charge in [-0.05, 0) is 41.2 Å². The fourth-order valence-corrected chi connectivity index (χ4v) is 5.82. The van der Waals surface area contributed by atoms with E-state index in [1.807, 2.05) is 97.9 Å². The second-order valence-corrected chi connectivity index (χ2v) is 8.61. The molecule has 0 aromatic heterocycles. The van der Waals surface area contributed by atoms with Crippen LogP contribution in [0.3, 0.4) is 0 Å². The molecule has 2 bridgehead atoms. The quantitative estimate of drug-likeness (QED) is 0.421. The van der Waals surface area contributed by atoms with Crippen molar-refractivity contribution in [2.75, 3.05) is 7.11 Å². The Morgan fingerprint density at radius 2 is 1.29 bits per heavy atom. The van der Waals surface area contributed by atoms with E-state index < -0.39 is 16.8 Å². The van der Waals surface area contributed by atoms with Crippen LogP contribution in [0, 0.1) is 10.8 Å². The van der Waals surface area contributed by atoms with E-state index in [1.54, 1.807) is 0 Å². The van der Waals surface area contributed by atoms with Crippen molar-refractivity contribution >= 4 is 22.9 Å². The second-order valence-electron chi connectivity index (χ2n) is 8.61. The van der Waals surface area contributed by atoms with E-state index in [9.17, 15) is 9.59 Å². The van der Waals surface area contributed by atoms with Gasteiger partial charge in [0.2, 0.25) is 0 Å². The number of ketones is 1. The number of carbonyl (C=O) groups excluding carboxylic acids is 2. The van der Waals surface area contributed by atoms with E-state index in [2.05, 4.69) is 0 Å². The second kappa shape index (κ2) is 7.05. The number of hydrogen-bond acceptors (Lipinski definition) is 3. The van der Waals surface area contributed by atoms with Crippen LogP contribution in [0.25, 0.3) is 11.1 Å². The molecule has 0 radical (unpaired) electrons.